The first-order valence-electron chi connectivity index (χ1n) is 8.27. The molecule has 0 saturated carbocycles. The molecular weight excluding hydrogens is 380 g/mol. The molecule has 0 amide bonds. The van der Waals surface area contributed by atoms with Crippen molar-refractivity contribution in [3.8, 4) is 5.95 Å². The molecule has 0 saturated heterocycles. The first kappa shape index (κ1) is 19.4. The molecule has 4 rings (SSSR count). The number of carboxylic acids is 1. The van der Waals surface area contributed by atoms with Crippen LogP contribution in [-0.2, 0) is 0 Å². The summed E-state index contributed by atoms with van der Waals surface area (Å²) in [5, 5.41) is 17.3. The van der Waals surface area contributed by atoms with Gasteiger partial charge in [-0.25, -0.2) is 14.5 Å². The molecular formula is C18H18N6O3S. The number of aromatic carboxylic acids is 1. The van der Waals surface area contributed by atoms with Crippen molar-refractivity contribution in [2.75, 3.05) is 0 Å². The zero-order chi connectivity index (χ0) is 19.1. The Morgan fingerprint density at radius 1 is 1.21 bits per heavy atom. The number of hydrogen-bond acceptors (Lipinski definition) is 5. The van der Waals surface area contributed by atoms with E-state index in [4.69, 9.17) is 5.11 Å². The molecule has 0 radical (unpaired) electrons. The Bertz CT molecular complexity index is 1230. The molecule has 0 aliphatic heterocycles. The van der Waals surface area contributed by atoms with Gasteiger partial charge in [-0.2, -0.15) is 23.7 Å². The number of rotatable bonds is 4. The Morgan fingerprint density at radius 2 is 1.96 bits per heavy atom. The molecule has 0 aliphatic rings. The van der Waals surface area contributed by atoms with Gasteiger partial charge in [0.1, 0.15) is 5.52 Å². The van der Waals surface area contributed by atoms with E-state index in [0.717, 1.165) is 11.1 Å². The molecule has 144 valence electrons. The average molecular weight is 398 g/mol. The molecule has 2 N–H and O–H groups in total. The quantitative estimate of drug-likeness (QED) is 0.543. The molecule has 0 spiro atoms. The fourth-order valence-electron chi connectivity index (χ4n) is 3.10. The first-order chi connectivity index (χ1) is 13.0. The molecule has 10 heteroatoms. The molecule has 0 bridgehead atoms. The van der Waals surface area contributed by atoms with Gasteiger partial charge in [-0.3, -0.25) is 14.5 Å². The number of carboxylic acid groups (broad SMARTS) is 1. The predicted octanol–water partition coefficient (Wildman–Crippen LogP) is 2.03. The van der Waals surface area contributed by atoms with E-state index in [1.54, 1.807) is 4.68 Å². The predicted molar refractivity (Wildman–Crippen MR) is 108 cm³/mol. The van der Waals surface area contributed by atoms with Gasteiger partial charge in [-0.15, -0.1) is 0 Å². The van der Waals surface area contributed by atoms with Gasteiger partial charge in [0.15, 0.2) is 5.52 Å². The molecule has 0 unspecified atom stereocenters. The Labute approximate surface area is 166 Å². The maximum atomic E-state index is 12.7. The molecule has 0 fully saturated rings. The molecule has 28 heavy (non-hydrogen) atoms. The van der Waals surface area contributed by atoms with Gasteiger partial charge in [0.2, 0.25) is 5.95 Å². The molecule has 0 aliphatic carbocycles. The zero-order valence-electron chi connectivity index (χ0n) is 15.1. The van der Waals surface area contributed by atoms with Crippen molar-refractivity contribution in [2.24, 2.45) is 0 Å². The highest BCUT2D eigenvalue weighted by atomic mass is 32.1. The van der Waals surface area contributed by atoms with Crippen LogP contribution >= 0.6 is 13.5 Å². The van der Waals surface area contributed by atoms with Crippen LogP contribution in [0.15, 0.2) is 47.7 Å². The number of nitrogens with one attached hydrogen (secondary N) is 1. The van der Waals surface area contributed by atoms with Crippen molar-refractivity contribution in [1.29, 1.82) is 0 Å². The van der Waals surface area contributed by atoms with E-state index >= 15 is 0 Å². The highest BCUT2D eigenvalue weighted by molar-refractivity contribution is 7.59. The van der Waals surface area contributed by atoms with Crippen molar-refractivity contribution in [1.82, 2.24) is 29.5 Å². The molecule has 3 heterocycles. The normalized spacial score (nSPS) is 11.9. The molecule has 4 aromatic rings. The fraction of sp³-hybridized carbons (Fsp3) is 0.167. The van der Waals surface area contributed by atoms with Gasteiger partial charge in [0.05, 0.1) is 24.0 Å². The lowest BCUT2D eigenvalue weighted by Gasteiger charge is -2.16. The van der Waals surface area contributed by atoms with E-state index in [2.05, 4.69) is 20.2 Å². The van der Waals surface area contributed by atoms with Crippen LogP contribution in [0, 0.1) is 6.92 Å². The SMILES string of the molecule is Cc1ccccc1[C@H](C)n1ncc2nc(-n3cc(C(=O)O)cn3)[nH]c(=O)c21.S. The maximum absolute atomic E-state index is 12.7. The largest absolute Gasteiger partial charge is 0.478 e. The van der Waals surface area contributed by atoms with E-state index in [-0.39, 0.29) is 36.6 Å². The minimum atomic E-state index is -1.11. The van der Waals surface area contributed by atoms with Crippen LogP contribution < -0.4 is 5.56 Å². The number of H-pyrrole nitrogens is 1. The second kappa shape index (κ2) is 7.31. The van der Waals surface area contributed by atoms with E-state index in [0.29, 0.717) is 11.0 Å². The summed E-state index contributed by atoms with van der Waals surface area (Å²) in [4.78, 5) is 30.7. The minimum absolute atomic E-state index is 0. The molecule has 1 aromatic carbocycles. The average Bonchev–Trinajstić information content (AvgIpc) is 3.29. The van der Waals surface area contributed by atoms with Gasteiger partial charge in [0.25, 0.3) is 5.56 Å². The van der Waals surface area contributed by atoms with E-state index in [1.165, 1.54) is 23.3 Å². The number of fused-ring (bicyclic) bond motifs is 1. The third-order valence-corrected chi connectivity index (χ3v) is 4.49. The van der Waals surface area contributed by atoms with Crippen LogP contribution in [0.2, 0.25) is 0 Å². The van der Waals surface area contributed by atoms with Crippen molar-refractivity contribution >= 4 is 30.5 Å². The van der Waals surface area contributed by atoms with Crippen LogP contribution in [0.1, 0.15) is 34.5 Å². The van der Waals surface area contributed by atoms with Crippen molar-refractivity contribution < 1.29 is 9.90 Å². The number of aromatic amines is 1. The Kier molecular flexibility index (Phi) is 5.06. The van der Waals surface area contributed by atoms with E-state index in [9.17, 15) is 9.59 Å². The van der Waals surface area contributed by atoms with Crippen LogP contribution in [0.25, 0.3) is 17.0 Å². The summed E-state index contributed by atoms with van der Waals surface area (Å²) in [6.07, 6.45) is 3.99. The topological polar surface area (TPSA) is 119 Å². The van der Waals surface area contributed by atoms with Gasteiger partial charge < -0.3 is 5.11 Å². The Hall–Kier alpha value is -3.40. The molecule has 9 nitrogen and oxygen atoms in total. The van der Waals surface area contributed by atoms with Gasteiger partial charge in [0, 0.05) is 6.20 Å². The second-order valence-corrected chi connectivity index (χ2v) is 6.22. The lowest BCUT2D eigenvalue weighted by molar-refractivity contribution is 0.0697. The third-order valence-electron chi connectivity index (χ3n) is 4.49. The Balaban J connectivity index is 0.00000225. The molecule has 3 aromatic heterocycles. The van der Waals surface area contributed by atoms with Crippen LogP contribution in [0.5, 0.6) is 0 Å². The summed E-state index contributed by atoms with van der Waals surface area (Å²) in [7, 11) is 0. The maximum Gasteiger partial charge on any atom is 0.338 e. The van der Waals surface area contributed by atoms with Gasteiger partial charge >= 0.3 is 5.97 Å². The Morgan fingerprint density at radius 3 is 2.64 bits per heavy atom. The smallest absolute Gasteiger partial charge is 0.338 e. The van der Waals surface area contributed by atoms with Gasteiger partial charge in [-0.05, 0) is 25.0 Å². The lowest BCUT2D eigenvalue weighted by atomic mass is 10.0. The molecule has 1 atom stereocenters. The summed E-state index contributed by atoms with van der Waals surface area (Å²) < 4.78 is 2.85. The van der Waals surface area contributed by atoms with E-state index in [1.807, 2.05) is 38.1 Å². The standard InChI is InChI=1S/C18H16N6O3.H2S/c1-10-5-3-4-6-13(10)11(2)24-15-14(8-20-24)21-18(22-16(15)25)23-9-12(7-19-23)17(26)27;/h3-9,11H,1-2H3,(H,26,27)(H,21,22,25);1H2/t11-;/m0./s1. The summed E-state index contributed by atoms with van der Waals surface area (Å²) in [5.74, 6) is -0.979. The summed E-state index contributed by atoms with van der Waals surface area (Å²) in [6.45, 7) is 3.98. The van der Waals surface area contributed by atoms with Gasteiger partial charge in [-0.1, -0.05) is 24.3 Å². The summed E-state index contributed by atoms with van der Waals surface area (Å²) in [5.41, 5.74) is 2.54. The number of nitrogens with zero attached hydrogens (tertiary/aromatic N) is 5. The van der Waals surface area contributed by atoms with E-state index < -0.39 is 5.97 Å². The minimum Gasteiger partial charge on any atom is -0.478 e. The highest BCUT2D eigenvalue weighted by Crippen LogP contribution is 2.23. The van der Waals surface area contributed by atoms with Crippen LogP contribution in [0.3, 0.4) is 0 Å². The monoisotopic (exact) mass is 398 g/mol. The fourth-order valence-corrected chi connectivity index (χ4v) is 3.10. The number of hydrogen-bond donors (Lipinski definition) is 2. The summed E-state index contributed by atoms with van der Waals surface area (Å²) in [6, 6.07) is 7.77. The van der Waals surface area contributed by atoms with Crippen molar-refractivity contribution in [3.63, 3.8) is 0 Å². The zero-order valence-corrected chi connectivity index (χ0v) is 16.1. The number of carbonyl (C=O) groups is 1. The van der Waals surface area contributed by atoms with Crippen LogP contribution in [0.4, 0.5) is 0 Å². The lowest BCUT2D eigenvalue weighted by Crippen LogP contribution is -2.19. The summed E-state index contributed by atoms with van der Waals surface area (Å²) >= 11 is 0. The third kappa shape index (κ3) is 3.18. The second-order valence-electron chi connectivity index (χ2n) is 6.22. The number of aryl methyl sites for hydroxylation is 1. The first-order valence-corrected chi connectivity index (χ1v) is 8.27. The van der Waals surface area contributed by atoms with Crippen LogP contribution in [-0.4, -0.2) is 40.6 Å². The number of aromatic nitrogens is 6. The van der Waals surface area contributed by atoms with Crippen molar-refractivity contribution in [2.45, 2.75) is 19.9 Å². The highest BCUT2D eigenvalue weighted by Gasteiger charge is 2.18. The van der Waals surface area contributed by atoms with Crippen molar-refractivity contribution in [3.05, 3.63) is 69.9 Å². The number of benzene rings is 1.